The number of fused-ring (bicyclic) bond motifs is 6. The van der Waals surface area contributed by atoms with Crippen LogP contribution < -0.4 is 11.1 Å². The molecule has 7 fully saturated rings. The molecule has 13 unspecified atom stereocenters. The lowest BCUT2D eigenvalue weighted by molar-refractivity contribution is -0.703. The van der Waals surface area contributed by atoms with Gasteiger partial charge in [0.1, 0.15) is 6.17 Å². The van der Waals surface area contributed by atoms with Crippen molar-refractivity contribution in [2.75, 3.05) is 27.4 Å². The quantitative estimate of drug-likeness (QED) is 0.310. The number of quaternary nitrogens is 1. The van der Waals surface area contributed by atoms with Crippen LogP contribution in [-0.2, 0) is 23.7 Å². The molecule has 17 atom stereocenters. The summed E-state index contributed by atoms with van der Waals surface area (Å²) in [5, 5.41) is 24.0. The summed E-state index contributed by atoms with van der Waals surface area (Å²) in [4.78, 5) is 12.1. The van der Waals surface area contributed by atoms with Gasteiger partial charge in [0.25, 0.3) is 0 Å². The molecule has 0 radical (unpaired) electrons. The first kappa shape index (κ1) is 33.7. The number of aliphatic hydroxyl groups excluding tert-OH is 2. The number of ether oxygens (including phenoxy) is 4. The van der Waals surface area contributed by atoms with Gasteiger partial charge in [0.05, 0.1) is 49.8 Å². The van der Waals surface area contributed by atoms with Crippen molar-refractivity contribution in [2.45, 2.75) is 140 Å². The molecule has 2 saturated heterocycles. The summed E-state index contributed by atoms with van der Waals surface area (Å²) in [5.74, 6) is 4.09. The molecule has 0 aromatic rings. The van der Waals surface area contributed by atoms with Crippen LogP contribution in [0.2, 0.25) is 0 Å². The zero-order valence-corrected chi connectivity index (χ0v) is 28.6. The van der Waals surface area contributed by atoms with Gasteiger partial charge in [-0.05, 0) is 130 Å². The Hall–Kier alpha value is -0.810. The Bertz CT molecular complexity index is 1050. The summed E-state index contributed by atoms with van der Waals surface area (Å²) in [6, 6.07) is 0. The van der Waals surface area contributed by atoms with Crippen LogP contribution in [0.1, 0.15) is 96.8 Å². The molecule has 1 spiro atoms. The van der Waals surface area contributed by atoms with Gasteiger partial charge in [0, 0.05) is 39.4 Å². The molecule has 9 nitrogen and oxygen atoms in total. The van der Waals surface area contributed by atoms with Gasteiger partial charge in [-0.25, -0.2) is 0 Å². The molecule has 0 bridgehead atoms. The first-order chi connectivity index (χ1) is 22.2. The van der Waals surface area contributed by atoms with Crippen molar-refractivity contribution in [3.8, 4) is 0 Å². The van der Waals surface area contributed by atoms with E-state index >= 15 is 0 Å². The number of piperidine rings is 1. The summed E-state index contributed by atoms with van der Waals surface area (Å²) >= 11 is 0. The molecule has 0 aromatic carbocycles. The number of carbonyl (C=O) groups is 1. The zero-order chi connectivity index (χ0) is 32.2. The minimum atomic E-state index is -0.430. The summed E-state index contributed by atoms with van der Waals surface area (Å²) in [6.45, 7) is 3.10. The summed E-state index contributed by atoms with van der Waals surface area (Å²) < 4.78 is 25.2. The highest BCUT2D eigenvalue weighted by atomic mass is 16.5. The van der Waals surface area contributed by atoms with Gasteiger partial charge in [-0.1, -0.05) is 0 Å². The lowest BCUT2D eigenvalue weighted by Gasteiger charge is -2.61. The second-order valence-electron chi connectivity index (χ2n) is 17.1. The van der Waals surface area contributed by atoms with E-state index in [1.807, 2.05) is 7.11 Å². The zero-order valence-electron chi connectivity index (χ0n) is 28.6. The minimum Gasteiger partial charge on any atom is -0.465 e. The Kier molecular flexibility index (Phi) is 10.1. The van der Waals surface area contributed by atoms with Gasteiger partial charge >= 0.3 is 5.97 Å². The maximum Gasteiger partial charge on any atom is 0.302 e. The van der Waals surface area contributed by atoms with Gasteiger partial charge < -0.3 is 34.5 Å². The number of carbonyl (C=O) groups excluding carboxylic acids is 1. The standard InChI is InChI=1S/C37H62N2O7/c1-20(40)45-19-28-26-6-7-27-33-24(13-25(41)15-31(33)44-3)17-37(11-10-21(16-37)12-22-4-9-32(38)39-18-22)34(27)36(26)46-35(28)23-5-8-29(42)30(14-23)43-2/h21-36,39,41-42H,4-19,38H2,1-3H3/p+1/t21-,22?,23?,24?,25?,26?,27?,28+,29?,30?,31?,32?,33?,34?,35+,36?,37-/m0/s1. The molecular weight excluding hydrogens is 584 g/mol. The second kappa shape index (κ2) is 13.8. The van der Waals surface area contributed by atoms with Crippen LogP contribution in [0.3, 0.4) is 0 Å². The van der Waals surface area contributed by atoms with Gasteiger partial charge in [-0.2, -0.15) is 0 Å². The monoisotopic (exact) mass is 647 g/mol. The molecule has 6 N–H and O–H groups in total. The molecule has 0 aromatic heterocycles. The summed E-state index contributed by atoms with van der Waals surface area (Å²) in [6.07, 6.45) is 14.7. The maximum atomic E-state index is 12.1. The highest BCUT2D eigenvalue weighted by Gasteiger charge is 2.65. The molecule has 0 amide bonds. The molecule has 7 aliphatic rings. The molecule has 2 aliphatic heterocycles. The molecule has 5 aliphatic carbocycles. The highest BCUT2D eigenvalue weighted by Crippen LogP contribution is 2.68. The largest absolute Gasteiger partial charge is 0.465 e. The SMILES string of the molecule is COC1CC([C@H]2OC3C(CCC4C5C(CC(O)CC5OC)C[C@@]5(CC[C@@H](CC6CCC(N)[NH2+]C6)C5)C43)[C@H]2COC(C)=O)CCC1O. The third kappa shape index (κ3) is 6.33. The number of methoxy groups -OCH3 is 2. The van der Waals surface area contributed by atoms with E-state index in [2.05, 4.69) is 5.32 Å². The van der Waals surface area contributed by atoms with E-state index in [9.17, 15) is 15.0 Å². The van der Waals surface area contributed by atoms with Crippen LogP contribution in [0.25, 0.3) is 0 Å². The number of esters is 1. The van der Waals surface area contributed by atoms with Gasteiger partial charge in [0.2, 0.25) is 0 Å². The summed E-state index contributed by atoms with van der Waals surface area (Å²) in [7, 11) is 3.56. The smallest absolute Gasteiger partial charge is 0.302 e. The van der Waals surface area contributed by atoms with E-state index < -0.39 is 6.10 Å². The topological polar surface area (TPSA) is 137 Å². The van der Waals surface area contributed by atoms with Crippen molar-refractivity contribution in [2.24, 2.45) is 64.4 Å². The molecule has 7 rings (SSSR count). The minimum absolute atomic E-state index is 0.0126. The number of nitrogens with two attached hydrogens (primary N) is 2. The Morgan fingerprint density at radius 1 is 0.891 bits per heavy atom. The van der Waals surface area contributed by atoms with Crippen LogP contribution >= 0.6 is 0 Å². The molecule has 262 valence electrons. The maximum absolute atomic E-state index is 12.1. The fourth-order valence-corrected chi connectivity index (χ4v) is 13.0. The van der Waals surface area contributed by atoms with E-state index in [1.54, 1.807) is 7.11 Å². The van der Waals surface area contributed by atoms with Crippen molar-refractivity contribution in [3.63, 3.8) is 0 Å². The van der Waals surface area contributed by atoms with Gasteiger partial charge in [-0.15, -0.1) is 0 Å². The van der Waals surface area contributed by atoms with Crippen molar-refractivity contribution in [1.29, 1.82) is 0 Å². The second-order valence-corrected chi connectivity index (χ2v) is 17.1. The first-order valence-corrected chi connectivity index (χ1v) is 19.0. The number of hydrogen-bond acceptors (Lipinski definition) is 8. The normalized spacial score (nSPS) is 52.1. The molecule has 2 heterocycles. The lowest BCUT2D eigenvalue weighted by Crippen LogP contribution is -2.95. The number of aliphatic hydroxyl groups is 2. The average Bonchev–Trinajstić information content (AvgIpc) is 3.61. The molecule has 9 heteroatoms. The summed E-state index contributed by atoms with van der Waals surface area (Å²) in [5.41, 5.74) is 6.45. The first-order valence-electron chi connectivity index (χ1n) is 19.0. The van der Waals surface area contributed by atoms with Crippen LogP contribution in [0, 0.1) is 58.7 Å². The van der Waals surface area contributed by atoms with E-state index in [0.29, 0.717) is 36.2 Å². The van der Waals surface area contributed by atoms with Crippen LogP contribution in [0.4, 0.5) is 0 Å². The fourth-order valence-electron chi connectivity index (χ4n) is 13.0. The van der Waals surface area contributed by atoms with Crippen molar-refractivity contribution >= 4 is 5.97 Å². The third-order valence-electron chi connectivity index (χ3n) is 14.7. The third-order valence-corrected chi connectivity index (χ3v) is 14.7. The Labute approximate surface area is 276 Å². The highest BCUT2D eigenvalue weighted by molar-refractivity contribution is 5.65. The van der Waals surface area contributed by atoms with E-state index in [-0.39, 0.29) is 59.9 Å². The lowest BCUT2D eigenvalue weighted by atomic mass is 9.45. The predicted octanol–water partition coefficient (Wildman–Crippen LogP) is 2.99. The van der Waals surface area contributed by atoms with Crippen molar-refractivity contribution < 1.29 is 39.3 Å². The Morgan fingerprint density at radius 3 is 2.43 bits per heavy atom. The fraction of sp³-hybridized carbons (Fsp3) is 0.973. The van der Waals surface area contributed by atoms with Crippen LogP contribution in [0.5, 0.6) is 0 Å². The average molecular weight is 648 g/mol. The van der Waals surface area contributed by atoms with Gasteiger partial charge in [0.15, 0.2) is 0 Å². The van der Waals surface area contributed by atoms with E-state index in [1.165, 1.54) is 51.9 Å². The van der Waals surface area contributed by atoms with E-state index in [4.69, 9.17) is 24.7 Å². The predicted molar refractivity (Wildman–Crippen MR) is 172 cm³/mol. The van der Waals surface area contributed by atoms with Gasteiger partial charge in [-0.3, -0.25) is 10.5 Å². The van der Waals surface area contributed by atoms with E-state index in [0.717, 1.165) is 63.3 Å². The van der Waals surface area contributed by atoms with Crippen LogP contribution in [0.15, 0.2) is 0 Å². The number of hydrogen-bond donors (Lipinski definition) is 4. The Balaban J connectivity index is 1.19. The Morgan fingerprint density at radius 2 is 1.70 bits per heavy atom. The van der Waals surface area contributed by atoms with Crippen molar-refractivity contribution in [3.05, 3.63) is 0 Å². The van der Waals surface area contributed by atoms with Crippen LogP contribution in [-0.4, -0.2) is 86.3 Å². The molecule has 46 heavy (non-hydrogen) atoms. The van der Waals surface area contributed by atoms with Crippen molar-refractivity contribution in [1.82, 2.24) is 0 Å². The molecular formula is C37H63N2O7+. The number of rotatable bonds is 7. The molecule has 5 saturated carbocycles.